The molecule has 0 saturated heterocycles. The first-order valence-corrected chi connectivity index (χ1v) is 7.82. The molecule has 0 aromatic heterocycles. The van der Waals surface area contributed by atoms with Crippen molar-refractivity contribution in [3.05, 3.63) is 29.0 Å². The second kappa shape index (κ2) is 5.70. The predicted octanol–water partition coefficient (Wildman–Crippen LogP) is 5.25. The molecule has 0 radical (unpaired) electrons. The fourth-order valence-corrected chi connectivity index (χ4v) is 4.06. The van der Waals surface area contributed by atoms with Gasteiger partial charge in [-0.15, -0.1) is 0 Å². The Morgan fingerprint density at radius 1 is 1.05 bits per heavy atom. The molecular weight excluding hydrogens is 261 g/mol. The smallest absolute Gasteiger partial charge is 0.147 e. The zero-order valence-corrected chi connectivity index (χ0v) is 11.9. The van der Waals surface area contributed by atoms with Gasteiger partial charge in [-0.3, -0.25) is 0 Å². The lowest BCUT2D eigenvalue weighted by molar-refractivity contribution is 0.162. The molecule has 19 heavy (non-hydrogen) atoms. The summed E-state index contributed by atoms with van der Waals surface area (Å²) in [4.78, 5) is 0. The lowest BCUT2D eigenvalue weighted by Crippen LogP contribution is -2.34. The summed E-state index contributed by atoms with van der Waals surface area (Å²) in [6.45, 7) is 0. The Kier molecular flexibility index (Phi) is 3.97. The topological polar surface area (TPSA) is 12.0 Å². The second-order valence-corrected chi connectivity index (χ2v) is 6.46. The highest BCUT2D eigenvalue weighted by molar-refractivity contribution is 6.33. The third-order valence-corrected chi connectivity index (χ3v) is 5.17. The van der Waals surface area contributed by atoms with Crippen LogP contribution in [-0.4, -0.2) is 6.04 Å². The van der Waals surface area contributed by atoms with Crippen LogP contribution in [0, 0.1) is 17.7 Å². The molecule has 3 unspecified atom stereocenters. The minimum absolute atomic E-state index is 0.238. The molecule has 1 aromatic carbocycles. The van der Waals surface area contributed by atoms with Crippen molar-refractivity contribution in [2.45, 2.75) is 51.0 Å². The van der Waals surface area contributed by atoms with Gasteiger partial charge in [0.05, 0.1) is 10.7 Å². The number of para-hydroxylation sites is 1. The molecule has 2 aliphatic carbocycles. The van der Waals surface area contributed by atoms with Gasteiger partial charge in [0.2, 0.25) is 0 Å². The quantitative estimate of drug-likeness (QED) is 0.781. The highest BCUT2D eigenvalue weighted by Gasteiger charge is 2.32. The first kappa shape index (κ1) is 13.2. The zero-order chi connectivity index (χ0) is 13.2. The van der Waals surface area contributed by atoms with E-state index in [0.717, 1.165) is 18.3 Å². The molecule has 2 saturated carbocycles. The van der Waals surface area contributed by atoms with Crippen LogP contribution in [0.4, 0.5) is 10.1 Å². The largest absolute Gasteiger partial charge is 0.379 e. The average Bonchev–Trinajstić information content (AvgIpc) is 2.43. The summed E-state index contributed by atoms with van der Waals surface area (Å²) < 4.78 is 13.8. The van der Waals surface area contributed by atoms with Gasteiger partial charge in [0.25, 0.3) is 0 Å². The lowest BCUT2D eigenvalue weighted by atomic mass is 9.69. The molecule has 0 aliphatic heterocycles. The maximum absolute atomic E-state index is 13.8. The standard InChI is InChI=1S/C16H21ClFN/c17-14-6-3-7-15(18)16(14)19-13-9-8-11-4-1-2-5-12(11)10-13/h3,6-7,11-13,19H,1-2,4-5,8-10H2. The number of anilines is 1. The van der Waals surface area contributed by atoms with E-state index in [-0.39, 0.29) is 5.82 Å². The van der Waals surface area contributed by atoms with Crippen LogP contribution in [0.5, 0.6) is 0 Å². The molecule has 104 valence electrons. The van der Waals surface area contributed by atoms with Crippen LogP contribution >= 0.6 is 11.6 Å². The number of nitrogens with one attached hydrogen (secondary N) is 1. The van der Waals surface area contributed by atoms with E-state index in [1.807, 2.05) is 0 Å². The minimum Gasteiger partial charge on any atom is -0.379 e. The second-order valence-electron chi connectivity index (χ2n) is 6.06. The van der Waals surface area contributed by atoms with Gasteiger partial charge in [-0.05, 0) is 43.2 Å². The molecule has 1 nitrogen and oxygen atoms in total. The third kappa shape index (κ3) is 2.89. The van der Waals surface area contributed by atoms with Gasteiger partial charge in [0.15, 0.2) is 0 Å². The minimum atomic E-state index is -0.238. The lowest BCUT2D eigenvalue weighted by Gasteiger charge is -2.40. The first-order valence-electron chi connectivity index (χ1n) is 7.44. The van der Waals surface area contributed by atoms with Crippen LogP contribution in [0.1, 0.15) is 44.9 Å². The van der Waals surface area contributed by atoms with Gasteiger partial charge in [-0.1, -0.05) is 43.4 Å². The predicted molar refractivity (Wildman–Crippen MR) is 78.1 cm³/mol. The van der Waals surface area contributed by atoms with Crippen LogP contribution in [0.3, 0.4) is 0 Å². The summed E-state index contributed by atoms with van der Waals surface area (Å²) in [6, 6.07) is 5.26. The molecule has 2 fully saturated rings. The van der Waals surface area contributed by atoms with Crippen molar-refractivity contribution >= 4 is 17.3 Å². The van der Waals surface area contributed by atoms with Crippen molar-refractivity contribution < 1.29 is 4.39 Å². The third-order valence-electron chi connectivity index (χ3n) is 4.85. The van der Waals surface area contributed by atoms with Crippen LogP contribution < -0.4 is 5.32 Å². The van der Waals surface area contributed by atoms with Crippen LogP contribution in [0.2, 0.25) is 5.02 Å². The zero-order valence-electron chi connectivity index (χ0n) is 11.2. The summed E-state index contributed by atoms with van der Waals surface area (Å²) in [7, 11) is 0. The molecule has 3 atom stereocenters. The highest BCUT2D eigenvalue weighted by Crippen LogP contribution is 2.41. The molecule has 3 rings (SSSR count). The Bertz CT molecular complexity index is 428. The maximum Gasteiger partial charge on any atom is 0.147 e. The van der Waals surface area contributed by atoms with Crippen molar-refractivity contribution in [3.63, 3.8) is 0 Å². The Morgan fingerprint density at radius 3 is 2.63 bits per heavy atom. The van der Waals surface area contributed by atoms with Crippen molar-refractivity contribution in [1.82, 2.24) is 0 Å². The summed E-state index contributed by atoms with van der Waals surface area (Å²) in [5.41, 5.74) is 0.489. The van der Waals surface area contributed by atoms with Crippen molar-refractivity contribution in [1.29, 1.82) is 0 Å². The Labute approximate surface area is 119 Å². The molecular formula is C16H21ClFN. The molecule has 0 amide bonds. The maximum atomic E-state index is 13.8. The van der Waals surface area contributed by atoms with E-state index in [1.54, 1.807) is 12.1 Å². The van der Waals surface area contributed by atoms with Gasteiger partial charge >= 0.3 is 0 Å². The van der Waals surface area contributed by atoms with E-state index in [1.165, 1.54) is 44.6 Å². The van der Waals surface area contributed by atoms with Crippen LogP contribution in [0.15, 0.2) is 18.2 Å². The number of hydrogen-bond acceptors (Lipinski definition) is 1. The fraction of sp³-hybridized carbons (Fsp3) is 0.625. The number of rotatable bonds is 2. The van der Waals surface area contributed by atoms with E-state index >= 15 is 0 Å². The van der Waals surface area contributed by atoms with Gasteiger partial charge in [-0.2, -0.15) is 0 Å². The van der Waals surface area contributed by atoms with Gasteiger partial charge in [0, 0.05) is 6.04 Å². The van der Waals surface area contributed by atoms with Gasteiger partial charge in [-0.25, -0.2) is 4.39 Å². The molecule has 2 aliphatic rings. The summed E-state index contributed by atoms with van der Waals surface area (Å²) in [5.74, 6) is 1.52. The van der Waals surface area contributed by atoms with E-state index in [2.05, 4.69) is 5.32 Å². The number of hydrogen-bond donors (Lipinski definition) is 1. The van der Waals surface area contributed by atoms with Crippen molar-refractivity contribution in [2.24, 2.45) is 11.8 Å². The molecule has 0 heterocycles. The van der Waals surface area contributed by atoms with E-state index < -0.39 is 0 Å². The first-order chi connectivity index (χ1) is 9.24. The monoisotopic (exact) mass is 281 g/mol. The summed E-state index contributed by atoms with van der Waals surface area (Å²) >= 11 is 6.08. The van der Waals surface area contributed by atoms with E-state index in [4.69, 9.17) is 11.6 Å². The summed E-state index contributed by atoms with van der Waals surface area (Å²) in [5, 5.41) is 3.83. The van der Waals surface area contributed by atoms with Crippen molar-refractivity contribution in [3.8, 4) is 0 Å². The normalized spacial score (nSPS) is 30.7. The summed E-state index contributed by atoms with van der Waals surface area (Å²) in [6.07, 6.45) is 9.13. The van der Waals surface area contributed by atoms with Crippen LogP contribution in [0.25, 0.3) is 0 Å². The number of fused-ring (bicyclic) bond motifs is 1. The molecule has 1 aromatic rings. The Balaban J connectivity index is 1.67. The molecule has 1 N–H and O–H groups in total. The highest BCUT2D eigenvalue weighted by atomic mass is 35.5. The fourth-order valence-electron chi connectivity index (χ4n) is 3.84. The number of benzene rings is 1. The Hall–Kier alpha value is -0.760. The van der Waals surface area contributed by atoms with E-state index in [0.29, 0.717) is 16.8 Å². The molecule has 0 spiro atoms. The van der Waals surface area contributed by atoms with Gasteiger partial charge in [0.1, 0.15) is 5.82 Å². The van der Waals surface area contributed by atoms with Crippen LogP contribution in [-0.2, 0) is 0 Å². The van der Waals surface area contributed by atoms with Crippen molar-refractivity contribution in [2.75, 3.05) is 5.32 Å². The Morgan fingerprint density at radius 2 is 1.84 bits per heavy atom. The average molecular weight is 282 g/mol. The van der Waals surface area contributed by atoms with Gasteiger partial charge < -0.3 is 5.32 Å². The molecule has 3 heteroatoms. The number of halogens is 2. The SMILES string of the molecule is Fc1cccc(Cl)c1NC1CCC2CCCCC2C1. The molecule has 0 bridgehead atoms. The van der Waals surface area contributed by atoms with E-state index in [9.17, 15) is 4.39 Å².